The van der Waals surface area contributed by atoms with E-state index in [4.69, 9.17) is 4.74 Å². The average Bonchev–Trinajstić information content (AvgIpc) is 2.90. The van der Waals surface area contributed by atoms with Crippen molar-refractivity contribution in [2.24, 2.45) is 0 Å². The third-order valence-electron chi connectivity index (χ3n) is 3.80. The maximum absolute atomic E-state index is 11.9. The maximum Gasteiger partial charge on any atom is 0.274 e. The molecule has 2 aromatic rings. The number of ether oxygens (including phenoxy) is 1. The number of hydrogen-bond donors (Lipinski definition) is 0. The van der Waals surface area contributed by atoms with Crippen LogP contribution in [0.1, 0.15) is 32.6 Å². The number of rotatable bonds is 4. The quantitative estimate of drug-likeness (QED) is 0.868. The third-order valence-corrected chi connectivity index (χ3v) is 4.73. The maximum atomic E-state index is 11.9. The molecule has 3 rings (SSSR count). The van der Waals surface area contributed by atoms with Crippen molar-refractivity contribution < 1.29 is 9.53 Å². The molecular weight excluding hydrogens is 284 g/mol. The van der Waals surface area contributed by atoms with Crippen LogP contribution in [0.3, 0.4) is 0 Å². The highest BCUT2D eigenvalue weighted by atomic mass is 32.1. The minimum Gasteiger partial charge on any atom is -0.467 e. The summed E-state index contributed by atoms with van der Waals surface area (Å²) in [6, 6.07) is 8.07. The van der Waals surface area contributed by atoms with Gasteiger partial charge in [0.1, 0.15) is 6.10 Å². The van der Waals surface area contributed by atoms with Gasteiger partial charge in [-0.2, -0.15) is 0 Å². The van der Waals surface area contributed by atoms with Gasteiger partial charge in [0.15, 0.2) is 0 Å². The zero-order valence-electron chi connectivity index (χ0n) is 12.2. The van der Waals surface area contributed by atoms with E-state index in [2.05, 4.69) is 11.1 Å². The first-order valence-corrected chi connectivity index (χ1v) is 8.38. The van der Waals surface area contributed by atoms with Crippen LogP contribution in [-0.2, 0) is 4.79 Å². The minimum atomic E-state index is 0.177. The Hall–Kier alpha value is -1.62. The number of amides is 1. The molecule has 1 aliphatic rings. The van der Waals surface area contributed by atoms with Crippen molar-refractivity contribution in [1.29, 1.82) is 0 Å². The Bertz CT molecular complexity index is 585. The molecule has 0 saturated carbocycles. The number of nitrogens with zero attached hydrogens (tertiary/aromatic N) is 2. The number of aromatic nitrogens is 1. The van der Waals surface area contributed by atoms with Gasteiger partial charge in [0.25, 0.3) is 5.19 Å². The van der Waals surface area contributed by atoms with Crippen LogP contribution in [0.15, 0.2) is 24.3 Å². The van der Waals surface area contributed by atoms with Gasteiger partial charge in [0, 0.05) is 32.4 Å². The number of hydrogen-bond acceptors (Lipinski definition) is 4. The molecule has 2 heterocycles. The highest BCUT2D eigenvalue weighted by Crippen LogP contribution is 2.29. The van der Waals surface area contributed by atoms with Crippen LogP contribution >= 0.6 is 11.3 Å². The number of benzene rings is 1. The summed E-state index contributed by atoms with van der Waals surface area (Å²) in [5.41, 5.74) is 0.994. The van der Waals surface area contributed by atoms with E-state index in [0.29, 0.717) is 6.42 Å². The number of carbonyl (C=O) groups excluding carboxylic acids is 1. The fraction of sp³-hybridized carbons (Fsp3) is 0.500. The van der Waals surface area contributed by atoms with Gasteiger partial charge in [-0.05, 0) is 18.6 Å². The number of fused-ring (bicyclic) bond motifs is 1. The molecule has 1 saturated heterocycles. The second-order valence-electron chi connectivity index (χ2n) is 5.40. The molecule has 0 spiro atoms. The largest absolute Gasteiger partial charge is 0.467 e. The van der Waals surface area contributed by atoms with Gasteiger partial charge < -0.3 is 9.64 Å². The monoisotopic (exact) mass is 304 g/mol. The van der Waals surface area contributed by atoms with Crippen molar-refractivity contribution in [2.75, 3.05) is 13.1 Å². The van der Waals surface area contributed by atoms with Gasteiger partial charge in [0.05, 0.1) is 10.2 Å². The van der Waals surface area contributed by atoms with Gasteiger partial charge in [-0.15, -0.1) is 0 Å². The van der Waals surface area contributed by atoms with Crippen LogP contribution in [0, 0.1) is 0 Å². The Balaban J connectivity index is 1.56. The van der Waals surface area contributed by atoms with Crippen LogP contribution in [0.5, 0.6) is 5.19 Å². The van der Waals surface area contributed by atoms with Crippen molar-refractivity contribution in [2.45, 2.75) is 38.7 Å². The molecule has 1 aliphatic heterocycles. The van der Waals surface area contributed by atoms with Gasteiger partial charge in [-0.25, -0.2) is 4.98 Å². The normalized spacial score (nSPS) is 16.3. The standard InChI is InChI=1S/C16H20N2O2S/c1-2-5-15(19)18-10-8-12(9-11-18)20-16-17-13-6-3-4-7-14(13)21-16/h3-4,6-7,12H,2,5,8-11H2,1H3. The van der Waals surface area contributed by atoms with E-state index in [1.807, 2.05) is 30.0 Å². The lowest BCUT2D eigenvalue weighted by Gasteiger charge is -2.31. The van der Waals surface area contributed by atoms with Crippen molar-refractivity contribution >= 4 is 27.5 Å². The highest BCUT2D eigenvalue weighted by molar-refractivity contribution is 7.20. The van der Waals surface area contributed by atoms with Crippen LogP contribution in [0.2, 0.25) is 0 Å². The van der Waals surface area contributed by atoms with Crippen LogP contribution in [0.4, 0.5) is 0 Å². The summed E-state index contributed by atoms with van der Waals surface area (Å²) in [6.07, 6.45) is 3.54. The van der Waals surface area contributed by atoms with Gasteiger partial charge in [-0.3, -0.25) is 4.79 Å². The Kier molecular flexibility index (Phi) is 4.39. The summed E-state index contributed by atoms with van der Waals surface area (Å²) in [7, 11) is 0. The van der Waals surface area contributed by atoms with Gasteiger partial charge >= 0.3 is 0 Å². The molecule has 4 nitrogen and oxygen atoms in total. The number of piperidine rings is 1. The summed E-state index contributed by atoms with van der Waals surface area (Å²) < 4.78 is 7.15. The molecule has 0 aliphatic carbocycles. The van der Waals surface area contributed by atoms with E-state index in [-0.39, 0.29) is 12.0 Å². The third kappa shape index (κ3) is 3.35. The smallest absolute Gasteiger partial charge is 0.274 e. The van der Waals surface area contributed by atoms with E-state index in [0.717, 1.165) is 47.8 Å². The highest BCUT2D eigenvalue weighted by Gasteiger charge is 2.24. The first kappa shape index (κ1) is 14.3. The predicted octanol–water partition coefficient (Wildman–Crippen LogP) is 3.47. The van der Waals surface area contributed by atoms with Crippen molar-refractivity contribution in [3.05, 3.63) is 24.3 Å². The number of likely N-dealkylation sites (tertiary alicyclic amines) is 1. The van der Waals surface area contributed by atoms with Crippen LogP contribution in [0.25, 0.3) is 10.2 Å². The van der Waals surface area contributed by atoms with E-state index in [1.54, 1.807) is 11.3 Å². The lowest BCUT2D eigenvalue weighted by atomic mass is 10.1. The van der Waals surface area contributed by atoms with Crippen molar-refractivity contribution in [3.8, 4) is 5.19 Å². The molecule has 1 aromatic heterocycles. The molecule has 112 valence electrons. The topological polar surface area (TPSA) is 42.4 Å². The summed E-state index contributed by atoms with van der Waals surface area (Å²) in [4.78, 5) is 18.3. The summed E-state index contributed by atoms with van der Waals surface area (Å²) in [5, 5.41) is 0.745. The molecule has 0 unspecified atom stereocenters. The fourth-order valence-electron chi connectivity index (χ4n) is 2.64. The molecule has 21 heavy (non-hydrogen) atoms. The average molecular weight is 304 g/mol. The minimum absolute atomic E-state index is 0.177. The molecule has 0 N–H and O–H groups in total. The Morgan fingerprint density at radius 1 is 1.38 bits per heavy atom. The molecule has 0 bridgehead atoms. The van der Waals surface area contributed by atoms with Crippen LogP contribution < -0.4 is 4.74 Å². The predicted molar refractivity (Wildman–Crippen MR) is 84.8 cm³/mol. The molecule has 1 fully saturated rings. The van der Waals surface area contributed by atoms with Gasteiger partial charge in [0.2, 0.25) is 5.91 Å². The Morgan fingerprint density at radius 2 is 2.14 bits per heavy atom. The van der Waals surface area contributed by atoms with E-state index in [1.165, 1.54) is 0 Å². The summed E-state index contributed by atoms with van der Waals surface area (Å²) in [6.45, 7) is 3.64. The molecule has 0 radical (unpaired) electrons. The SMILES string of the molecule is CCCC(=O)N1CCC(Oc2nc3ccccc3s2)CC1. The second-order valence-corrected chi connectivity index (χ2v) is 6.39. The molecule has 0 atom stereocenters. The zero-order chi connectivity index (χ0) is 14.7. The van der Waals surface area contributed by atoms with Crippen molar-refractivity contribution in [3.63, 3.8) is 0 Å². The number of carbonyl (C=O) groups is 1. The second kappa shape index (κ2) is 6.43. The van der Waals surface area contributed by atoms with E-state index < -0.39 is 0 Å². The zero-order valence-corrected chi connectivity index (χ0v) is 13.1. The van der Waals surface area contributed by atoms with Crippen molar-refractivity contribution in [1.82, 2.24) is 9.88 Å². The Morgan fingerprint density at radius 3 is 2.86 bits per heavy atom. The summed E-state index contributed by atoms with van der Waals surface area (Å²) in [5.74, 6) is 0.274. The molecule has 5 heteroatoms. The lowest BCUT2D eigenvalue weighted by molar-refractivity contribution is -0.133. The molecule has 1 amide bonds. The first-order chi connectivity index (χ1) is 10.3. The molecular formula is C16H20N2O2S. The number of thiazole rings is 1. The summed E-state index contributed by atoms with van der Waals surface area (Å²) >= 11 is 1.59. The molecule has 1 aromatic carbocycles. The van der Waals surface area contributed by atoms with Crippen LogP contribution in [-0.4, -0.2) is 35.0 Å². The van der Waals surface area contributed by atoms with E-state index in [9.17, 15) is 4.79 Å². The van der Waals surface area contributed by atoms with E-state index >= 15 is 0 Å². The van der Waals surface area contributed by atoms with Gasteiger partial charge in [-0.1, -0.05) is 30.4 Å². The Labute approximate surface area is 128 Å². The number of para-hydroxylation sites is 1. The fourth-order valence-corrected chi connectivity index (χ4v) is 3.52. The first-order valence-electron chi connectivity index (χ1n) is 7.56. The lowest BCUT2D eigenvalue weighted by Crippen LogP contribution is -2.41.